The lowest BCUT2D eigenvalue weighted by atomic mass is 10.1. The van der Waals surface area contributed by atoms with Crippen LogP contribution < -0.4 is 19.1 Å². The fourth-order valence-electron chi connectivity index (χ4n) is 3.95. The molecule has 0 aliphatic rings. The standard InChI is InChI=1S/C29H25N3O7S2/c1-32(41(35,36)24-13-7-19-5-3-4-6-20(19)15-24)21-8-10-22(11-9-21)38-18-28(34)39-17-27(33)31-29-30-25-14-12-23(37-2)16-26(25)40-29/h3-16H,17-18H2,1-2H3,(H,30,31,33). The maximum atomic E-state index is 13.2. The van der Waals surface area contributed by atoms with E-state index in [0.29, 0.717) is 27.8 Å². The fraction of sp³-hybridized carbons (Fsp3) is 0.138. The minimum atomic E-state index is -3.80. The van der Waals surface area contributed by atoms with Gasteiger partial charge in [-0.05, 0) is 65.4 Å². The first kappa shape index (κ1) is 27.9. The van der Waals surface area contributed by atoms with Crippen molar-refractivity contribution in [2.45, 2.75) is 4.90 Å². The average Bonchev–Trinajstić information content (AvgIpc) is 3.39. The number of esters is 1. The molecular formula is C29H25N3O7S2. The highest BCUT2D eigenvalue weighted by molar-refractivity contribution is 7.92. The van der Waals surface area contributed by atoms with Crippen molar-refractivity contribution >= 4 is 65.0 Å². The van der Waals surface area contributed by atoms with Gasteiger partial charge in [0.05, 0.1) is 27.9 Å². The van der Waals surface area contributed by atoms with Crippen LogP contribution in [0, 0.1) is 0 Å². The summed E-state index contributed by atoms with van der Waals surface area (Å²) in [6.45, 7) is -0.934. The van der Waals surface area contributed by atoms with Crippen LogP contribution in [0.2, 0.25) is 0 Å². The van der Waals surface area contributed by atoms with Crippen molar-refractivity contribution in [3.05, 3.63) is 84.9 Å². The van der Waals surface area contributed by atoms with Gasteiger partial charge in [-0.3, -0.25) is 14.4 Å². The minimum absolute atomic E-state index is 0.175. The molecule has 0 atom stereocenters. The highest BCUT2D eigenvalue weighted by Crippen LogP contribution is 2.29. The van der Waals surface area contributed by atoms with Gasteiger partial charge in [-0.25, -0.2) is 18.2 Å². The summed E-state index contributed by atoms with van der Waals surface area (Å²) in [6.07, 6.45) is 0. The van der Waals surface area contributed by atoms with Crippen molar-refractivity contribution in [2.24, 2.45) is 0 Å². The molecule has 210 valence electrons. The number of carbonyl (C=O) groups is 2. The smallest absolute Gasteiger partial charge is 0.344 e. The number of amides is 1. The second kappa shape index (κ2) is 11.8. The number of methoxy groups -OCH3 is 1. The van der Waals surface area contributed by atoms with Crippen LogP contribution in [0.4, 0.5) is 10.8 Å². The van der Waals surface area contributed by atoms with Gasteiger partial charge >= 0.3 is 5.97 Å². The Morgan fingerprint density at radius 1 is 0.902 bits per heavy atom. The number of nitrogens with one attached hydrogen (secondary N) is 1. The zero-order chi connectivity index (χ0) is 29.0. The Bertz CT molecular complexity index is 1840. The van der Waals surface area contributed by atoms with Crippen LogP contribution in [-0.4, -0.2) is 52.6 Å². The van der Waals surface area contributed by atoms with Crippen LogP contribution in [0.25, 0.3) is 21.0 Å². The summed E-state index contributed by atoms with van der Waals surface area (Å²) < 4.78 is 44.0. The summed E-state index contributed by atoms with van der Waals surface area (Å²) in [7, 11) is -0.767. The number of sulfonamides is 1. The van der Waals surface area contributed by atoms with Crippen molar-refractivity contribution in [3.8, 4) is 11.5 Å². The Balaban J connectivity index is 1.11. The lowest BCUT2D eigenvalue weighted by Gasteiger charge is -2.20. The number of fused-ring (bicyclic) bond motifs is 2. The summed E-state index contributed by atoms with van der Waals surface area (Å²) in [4.78, 5) is 28.8. The number of hydrogen-bond donors (Lipinski definition) is 1. The second-order valence-electron chi connectivity index (χ2n) is 8.83. The van der Waals surface area contributed by atoms with Crippen molar-refractivity contribution in [3.63, 3.8) is 0 Å². The summed E-state index contributed by atoms with van der Waals surface area (Å²) in [5, 5.41) is 4.75. The number of ether oxygens (including phenoxy) is 3. The van der Waals surface area contributed by atoms with Gasteiger partial charge in [0.25, 0.3) is 15.9 Å². The summed E-state index contributed by atoms with van der Waals surface area (Å²) in [6, 6.07) is 24.1. The van der Waals surface area contributed by atoms with E-state index in [1.54, 1.807) is 61.7 Å². The molecule has 0 spiro atoms. The minimum Gasteiger partial charge on any atom is -0.497 e. The monoisotopic (exact) mass is 591 g/mol. The molecule has 0 fully saturated rings. The molecule has 1 heterocycles. The molecule has 12 heteroatoms. The zero-order valence-electron chi connectivity index (χ0n) is 22.1. The van der Waals surface area contributed by atoms with Crippen LogP contribution in [-0.2, 0) is 24.3 Å². The molecule has 10 nitrogen and oxygen atoms in total. The van der Waals surface area contributed by atoms with Gasteiger partial charge in [0.2, 0.25) is 0 Å². The van der Waals surface area contributed by atoms with Gasteiger partial charge in [-0.1, -0.05) is 41.7 Å². The first-order valence-corrected chi connectivity index (χ1v) is 14.6. The van der Waals surface area contributed by atoms with E-state index < -0.39 is 35.1 Å². The topological polar surface area (TPSA) is 124 Å². The van der Waals surface area contributed by atoms with Gasteiger partial charge in [-0.15, -0.1) is 0 Å². The van der Waals surface area contributed by atoms with Crippen molar-refractivity contribution in [1.82, 2.24) is 4.98 Å². The Hall–Kier alpha value is -4.68. The van der Waals surface area contributed by atoms with Crippen LogP contribution in [0.3, 0.4) is 0 Å². The van der Waals surface area contributed by atoms with E-state index in [1.807, 2.05) is 30.3 Å². The largest absolute Gasteiger partial charge is 0.497 e. The quantitative estimate of drug-likeness (QED) is 0.229. The Morgan fingerprint density at radius 3 is 2.39 bits per heavy atom. The predicted molar refractivity (Wildman–Crippen MR) is 157 cm³/mol. The number of aromatic nitrogens is 1. The molecule has 5 aromatic rings. The maximum Gasteiger partial charge on any atom is 0.344 e. The third kappa shape index (κ3) is 6.39. The average molecular weight is 592 g/mol. The van der Waals surface area contributed by atoms with E-state index in [9.17, 15) is 18.0 Å². The van der Waals surface area contributed by atoms with E-state index in [-0.39, 0.29) is 4.90 Å². The van der Waals surface area contributed by atoms with Crippen LogP contribution in [0.5, 0.6) is 11.5 Å². The molecule has 41 heavy (non-hydrogen) atoms. The number of benzene rings is 4. The highest BCUT2D eigenvalue weighted by Gasteiger charge is 2.22. The van der Waals surface area contributed by atoms with Gasteiger partial charge < -0.3 is 14.2 Å². The van der Waals surface area contributed by atoms with Crippen LogP contribution >= 0.6 is 11.3 Å². The molecule has 5 rings (SSSR count). The van der Waals surface area contributed by atoms with Gasteiger partial charge in [0, 0.05) is 7.05 Å². The van der Waals surface area contributed by atoms with E-state index >= 15 is 0 Å². The Morgan fingerprint density at radius 2 is 1.63 bits per heavy atom. The molecule has 1 aromatic heterocycles. The first-order chi connectivity index (χ1) is 19.7. The SMILES string of the molecule is COc1ccc2nc(NC(=O)COC(=O)COc3ccc(N(C)S(=O)(=O)c4ccc5ccccc5c4)cc3)sc2c1. The number of thiazole rings is 1. The van der Waals surface area contributed by atoms with Gasteiger partial charge in [0.1, 0.15) is 11.5 Å². The molecule has 4 aromatic carbocycles. The third-order valence-electron chi connectivity index (χ3n) is 6.14. The zero-order valence-corrected chi connectivity index (χ0v) is 23.7. The highest BCUT2D eigenvalue weighted by atomic mass is 32.2. The van der Waals surface area contributed by atoms with Crippen LogP contribution in [0.1, 0.15) is 0 Å². The van der Waals surface area contributed by atoms with Crippen molar-refractivity contribution < 1.29 is 32.2 Å². The lowest BCUT2D eigenvalue weighted by molar-refractivity contribution is -0.149. The number of nitrogens with zero attached hydrogens (tertiary/aromatic N) is 2. The Kier molecular flexibility index (Phi) is 8.04. The van der Waals surface area contributed by atoms with Gasteiger partial charge in [0.15, 0.2) is 18.3 Å². The molecule has 0 aliphatic carbocycles. The molecule has 0 saturated carbocycles. The Labute approximate surface area is 240 Å². The molecule has 0 aliphatic heterocycles. The van der Waals surface area contributed by atoms with Gasteiger partial charge in [-0.2, -0.15) is 0 Å². The number of hydrogen-bond acceptors (Lipinski definition) is 9. The van der Waals surface area contributed by atoms with E-state index in [0.717, 1.165) is 15.5 Å². The molecule has 0 bridgehead atoms. The molecule has 1 amide bonds. The molecule has 0 saturated heterocycles. The van der Waals surface area contributed by atoms with Crippen molar-refractivity contribution in [2.75, 3.05) is 37.0 Å². The second-order valence-corrected chi connectivity index (χ2v) is 11.8. The molecule has 0 radical (unpaired) electrons. The predicted octanol–water partition coefficient (Wildman–Crippen LogP) is 4.84. The van der Waals surface area contributed by atoms with E-state index in [2.05, 4.69) is 10.3 Å². The normalized spacial score (nSPS) is 11.3. The number of rotatable bonds is 10. The van der Waals surface area contributed by atoms with Crippen LogP contribution in [0.15, 0.2) is 89.8 Å². The van der Waals surface area contributed by atoms with E-state index in [1.165, 1.54) is 22.7 Å². The lowest BCUT2D eigenvalue weighted by Crippen LogP contribution is -2.26. The van der Waals surface area contributed by atoms with Crippen molar-refractivity contribution in [1.29, 1.82) is 0 Å². The summed E-state index contributed by atoms with van der Waals surface area (Å²) in [5.41, 5.74) is 1.12. The van der Waals surface area contributed by atoms with E-state index in [4.69, 9.17) is 14.2 Å². The summed E-state index contributed by atoms with van der Waals surface area (Å²) in [5.74, 6) is -0.268. The molecule has 1 N–H and O–H groups in total. The first-order valence-electron chi connectivity index (χ1n) is 12.3. The number of carbonyl (C=O) groups excluding carboxylic acids is 2. The maximum absolute atomic E-state index is 13.2. The summed E-state index contributed by atoms with van der Waals surface area (Å²) >= 11 is 1.27. The third-order valence-corrected chi connectivity index (χ3v) is 8.86. The molecule has 0 unspecified atom stereocenters. The number of anilines is 2. The molecular weight excluding hydrogens is 566 g/mol. The fourth-order valence-corrected chi connectivity index (χ4v) is 6.09.